The Balaban J connectivity index is 0.000000430. The quantitative estimate of drug-likeness (QED) is 0.398. The van der Waals surface area contributed by atoms with Crippen LogP contribution in [-0.2, 0) is 6.67 Å². The average molecular weight is 445 g/mol. The first-order valence-electron chi connectivity index (χ1n) is 10.2. The fourth-order valence-electron chi connectivity index (χ4n) is 2.17. The van der Waals surface area contributed by atoms with Crippen molar-refractivity contribution in [2.45, 2.75) is 45.2 Å². The molecule has 4 nitrogen and oxygen atoms in total. The number of unbranched alkanes of at least 4 members (excludes halogenated alkanes) is 1. The van der Waals surface area contributed by atoms with Crippen LogP contribution in [0.2, 0.25) is 0 Å². The van der Waals surface area contributed by atoms with Gasteiger partial charge in [-0.3, -0.25) is 14.6 Å². The SMILES string of the molecule is C=Cc1ccc(S)c(C=C)c1.CC.CCCCN(C)Cn1cccn1.c1cscn1. The Kier molecular flexibility index (Phi) is 17.5. The molecule has 1 aromatic carbocycles. The van der Waals surface area contributed by atoms with Crippen LogP contribution in [0.1, 0.15) is 44.7 Å². The molecule has 3 aromatic rings. The number of benzene rings is 1. The number of hydrogen-bond donors (Lipinski definition) is 1. The van der Waals surface area contributed by atoms with Crippen LogP contribution in [0.3, 0.4) is 0 Å². The maximum atomic E-state index is 4.26. The van der Waals surface area contributed by atoms with Gasteiger partial charge in [0.25, 0.3) is 0 Å². The first-order chi connectivity index (χ1) is 14.6. The average Bonchev–Trinajstić information content (AvgIpc) is 3.52. The van der Waals surface area contributed by atoms with Crippen molar-refractivity contribution in [3.8, 4) is 0 Å². The molecule has 164 valence electrons. The Morgan fingerprint density at radius 3 is 2.43 bits per heavy atom. The molecule has 0 bridgehead atoms. The molecule has 0 saturated carbocycles. The van der Waals surface area contributed by atoms with E-state index in [0.717, 1.165) is 29.2 Å². The summed E-state index contributed by atoms with van der Waals surface area (Å²) < 4.78 is 1.94. The predicted molar refractivity (Wildman–Crippen MR) is 137 cm³/mol. The lowest BCUT2D eigenvalue weighted by Gasteiger charge is -2.15. The summed E-state index contributed by atoms with van der Waals surface area (Å²) in [5, 5.41) is 6.07. The molecule has 2 heterocycles. The maximum absolute atomic E-state index is 4.26. The Morgan fingerprint density at radius 1 is 1.20 bits per heavy atom. The standard InChI is InChI=1S/C10H10S.C9H17N3.C3H3NS.C2H6/c1-3-8-5-6-10(11)9(4-2)7-8;1-3-4-7-11(2)9-12-8-5-6-10-12;1-2-5-3-4-1;1-2/h3-7,11H,1-2H2;5-6,8H,3-4,7,9H2,1-2H3;1-3H;1-2H3. The van der Waals surface area contributed by atoms with Crippen LogP contribution in [0.15, 0.2) is 71.8 Å². The van der Waals surface area contributed by atoms with Gasteiger partial charge in [0.05, 0.1) is 12.2 Å². The second-order valence-electron chi connectivity index (χ2n) is 6.02. The van der Waals surface area contributed by atoms with Crippen LogP contribution in [0.25, 0.3) is 12.2 Å². The maximum Gasteiger partial charge on any atom is 0.0926 e. The molecule has 6 heteroatoms. The molecule has 3 rings (SSSR count). The molecular weight excluding hydrogens is 408 g/mol. The van der Waals surface area contributed by atoms with Gasteiger partial charge in [-0.2, -0.15) is 5.10 Å². The first-order valence-corrected chi connectivity index (χ1v) is 11.6. The van der Waals surface area contributed by atoms with Crippen LogP contribution in [0.5, 0.6) is 0 Å². The van der Waals surface area contributed by atoms with Crippen LogP contribution < -0.4 is 0 Å². The molecule has 0 saturated heterocycles. The Labute approximate surface area is 192 Å². The van der Waals surface area contributed by atoms with E-state index in [-0.39, 0.29) is 0 Å². The van der Waals surface area contributed by atoms with Crippen molar-refractivity contribution in [2.75, 3.05) is 13.6 Å². The summed E-state index contributed by atoms with van der Waals surface area (Å²) >= 11 is 5.86. The zero-order valence-electron chi connectivity index (χ0n) is 18.7. The zero-order valence-corrected chi connectivity index (χ0v) is 20.4. The molecule has 0 radical (unpaired) electrons. The van der Waals surface area contributed by atoms with Crippen molar-refractivity contribution in [1.82, 2.24) is 19.7 Å². The molecule has 0 atom stereocenters. The zero-order chi connectivity index (χ0) is 22.6. The number of thiazole rings is 1. The van der Waals surface area contributed by atoms with Crippen molar-refractivity contribution in [1.29, 1.82) is 0 Å². The van der Waals surface area contributed by atoms with Crippen LogP contribution in [0, 0.1) is 0 Å². The summed E-state index contributed by atoms with van der Waals surface area (Å²) in [4.78, 5) is 6.96. The fourth-order valence-corrected chi connectivity index (χ4v) is 2.75. The minimum absolute atomic E-state index is 0.896. The highest BCUT2D eigenvalue weighted by Gasteiger charge is 1.97. The topological polar surface area (TPSA) is 34.0 Å². The minimum atomic E-state index is 0.896. The summed E-state index contributed by atoms with van der Waals surface area (Å²) in [6, 6.07) is 7.87. The summed E-state index contributed by atoms with van der Waals surface area (Å²) in [7, 11) is 2.12. The fraction of sp³-hybridized carbons (Fsp3) is 0.333. The van der Waals surface area contributed by atoms with E-state index in [1.54, 1.807) is 35.2 Å². The van der Waals surface area contributed by atoms with Gasteiger partial charge < -0.3 is 0 Å². The van der Waals surface area contributed by atoms with E-state index >= 15 is 0 Å². The van der Waals surface area contributed by atoms with E-state index in [1.807, 2.05) is 60.6 Å². The monoisotopic (exact) mass is 444 g/mol. The second-order valence-corrected chi connectivity index (χ2v) is 7.26. The summed E-state index contributed by atoms with van der Waals surface area (Å²) in [5.41, 5.74) is 3.93. The Morgan fingerprint density at radius 2 is 1.97 bits per heavy atom. The Hall–Kier alpha value is -2.15. The molecule has 0 aliphatic heterocycles. The minimum Gasteiger partial charge on any atom is -0.288 e. The molecule has 0 unspecified atom stereocenters. The van der Waals surface area contributed by atoms with Gasteiger partial charge >= 0.3 is 0 Å². The lowest BCUT2D eigenvalue weighted by molar-refractivity contribution is 0.251. The summed E-state index contributed by atoms with van der Waals surface area (Å²) in [5.74, 6) is 0. The van der Waals surface area contributed by atoms with Crippen molar-refractivity contribution in [3.05, 3.63) is 78.0 Å². The van der Waals surface area contributed by atoms with Gasteiger partial charge in [-0.1, -0.05) is 58.6 Å². The lowest BCUT2D eigenvalue weighted by atomic mass is 10.1. The van der Waals surface area contributed by atoms with E-state index < -0.39 is 0 Å². The van der Waals surface area contributed by atoms with Crippen molar-refractivity contribution >= 4 is 36.1 Å². The van der Waals surface area contributed by atoms with Gasteiger partial charge in [0, 0.05) is 28.9 Å². The molecule has 0 fully saturated rings. The molecule has 0 N–H and O–H groups in total. The van der Waals surface area contributed by atoms with Gasteiger partial charge in [-0.05, 0) is 49.3 Å². The van der Waals surface area contributed by atoms with E-state index in [1.165, 1.54) is 12.8 Å². The first kappa shape index (κ1) is 27.8. The van der Waals surface area contributed by atoms with E-state index in [4.69, 9.17) is 0 Å². The van der Waals surface area contributed by atoms with Crippen molar-refractivity contribution in [3.63, 3.8) is 0 Å². The number of hydrogen-bond acceptors (Lipinski definition) is 5. The van der Waals surface area contributed by atoms with Gasteiger partial charge in [0.1, 0.15) is 0 Å². The second kappa shape index (κ2) is 18.9. The van der Waals surface area contributed by atoms with Crippen LogP contribution in [0.4, 0.5) is 0 Å². The molecule has 0 aliphatic carbocycles. The van der Waals surface area contributed by atoms with Gasteiger partial charge in [-0.25, -0.2) is 0 Å². The number of rotatable bonds is 7. The number of nitrogens with zero attached hydrogens (tertiary/aromatic N) is 4. The summed E-state index contributed by atoms with van der Waals surface area (Å²) in [6.07, 6.45) is 11.7. The molecule has 0 aliphatic rings. The highest BCUT2D eigenvalue weighted by atomic mass is 32.1. The molecule has 2 aromatic heterocycles. The third kappa shape index (κ3) is 13.1. The smallest absolute Gasteiger partial charge is 0.0926 e. The van der Waals surface area contributed by atoms with Crippen molar-refractivity contribution < 1.29 is 0 Å². The van der Waals surface area contributed by atoms with Crippen LogP contribution in [-0.4, -0.2) is 33.3 Å². The molecule has 0 spiro atoms. The third-order valence-electron chi connectivity index (χ3n) is 3.69. The highest BCUT2D eigenvalue weighted by Crippen LogP contribution is 2.17. The van der Waals surface area contributed by atoms with Crippen LogP contribution >= 0.6 is 24.0 Å². The third-order valence-corrected chi connectivity index (χ3v) is 4.62. The van der Waals surface area contributed by atoms with E-state index in [2.05, 4.69) is 54.7 Å². The number of thiol groups is 1. The highest BCUT2D eigenvalue weighted by molar-refractivity contribution is 7.80. The van der Waals surface area contributed by atoms with Crippen molar-refractivity contribution in [2.24, 2.45) is 0 Å². The van der Waals surface area contributed by atoms with E-state index in [0.29, 0.717) is 0 Å². The Bertz CT molecular complexity index is 751. The van der Waals surface area contributed by atoms with Gasteiger partial charge in [-0.15, -0.1) is 24.0 Å². The largest absolute Gasteiger partial charge is 0.288 e. The van der Waals surface area contributed by atoms with E-state index in [9.17, 15) is 0 Å². The van der Waals surface area contributed by atoms with Gasteiger partial charge in [0.15, 0.2) is 0 Å². The molecule has 30 heavy (non-hydrogen) atoms. The lowest BCUT2D eigenvalue weighted by Crippen LogP contribution is -2.23. The molecular formula is C24H36N4S2. The normalized spacial score (nSPS) is 9.27. The summed E-state index contributed by atoms with van der Waals surface area (Å²) in [6.45, 7) is 15.6. The molecule has 0 amide bonds. The number of aromatic nitrogens is 3. The predicted octanol–water partition coefficient (Wildman–Crippen LogP) is 7.00. The van der Waals surface area contributed by atoms with Gasteiger partial charge in [0.2, 0.25) is 0 Å².